The maximum absolute atomic E-state index is 12.7. The number of nitrogens with zero attached hydrogens (tertiary/aromatic N) is 1. The molecule has 0 radical (unpaired) electrons. The quantitative estimate of drug-likeness (QED) is 0.832. The van der Waals surface area contributed by atoms with E-state index in [1.165, 1.54) is 11.2 Å². The molecule has 1 atom stereocenters. The van der Waals surface area contributed by atoms with E-state index in [4.69, 9.17) is 4.74 Å². The Morgan fingerprint density at radius 2 is 1.95 bits per heavy atom. The zero-order valence-corrected chi connectivity index (χ0v) is 12.0. The first-order valence-corrected chi connectivity index (χ1v) is 8.22. The fourth-order valence-electron chi connectivity index (χ4n) is 2.87. The van der Waals surface area contributed by atoms with Crippen molar-refractivity contribution in [2.24, 2.45) is 0 Å². The number of hydrogen-bond donors (Lipinski definition) is 1. The standard InChI is InChI=1S/C12H21NO5S/c1-12(11(14)15)6-2-3-7-13(12)19(16,17)10-4-8-18-9-5-10/h10H,2-9H2,1H3,(H,14,15). The Kier molecular flexibility index (Phi) is 4.17. The van der Waals surface area contributed by atoms with Crippen LogP contribution in [0.15, 0.2) is 0 Å². The minimum Gasteiger partial charge on any atom is -0.480 e. The normalized spacial score (nSPS) is 31.2. The molecule has 0 spiro atoms. The minimum absolute atomic E-state index is 0.308. The molecule has 2 fully saturated rings. The van der Waals surface area contributed by atoms with Crippen LogP contribution in [0.4, 0.5) is 0 Å². The smallest absolute Gasteiger partial charge is 0.324 e. The van der Waals surface area contributed by atoms with Gasteiger partial charge in [-0.2, -0.15) is 4.31 Å². The van der Waals surface area contributed by atoms with Gasteiger partial charge in [-0.1, -0.05) is 0 Å². The van der Waals surface area contributed by atoms with Gasteiger partial charge in [0.1, 0.15) is 5.54 Å². The third kappa shape index (κ3) is 2.64. The van der Waals surface area contributed by atoms with Crippen molar-refractivity contribution in [3.8, 4) is 0 Å². The summed E-state index contributed by atoms with van der Waals surface area (Å²) in [6.45, 7) is 2.69. The molecule has 0 aromatic rings. The molecule has 1 unspecified atom stereocenters. The largest absolute Gasteiger partial charge is 0.480 e. The van der Waals surface area contributed by atoms with E-state index in [0.717, 1.165) is 12.8 Å². The molecule has 0 bridgehead atoms. The van der Waals surface area contributed by atoms with E-state index >= 15 is 0 Å². The lowest BCUT2D eigenvalue weighted by Gasteiger charge is -2.42. The van der Waals surface area contributed by atoms with Crippen LogP contribution in [0.3, 0.4) is 0 Å². The molecule has 0 saturated carbocycles. The molecule has 19 heavy (non-hydrogen) atoms. The average molecular weight is 291 g/mol. The van der Waals surface area contributed by atoms with Gasteiger partial charge in [0.05, 0.1) is 5.25 Å². The topological polar surface area (TPSA) is 83.9 Å². The number of piperidine rings is 1. The Morgan fingerprint density at radius 1 is 1.32 bits per heavy atom. The second-order valence-electron chi connectivity index (χ2n) is 5.46. The molecule has 2 aliphatic heterocycles. The van der Waals surface area contributed by atoms with E-state index in [9.17, 15) is 18.3 Å². The van der Waals surface area contributed by atoms with Gasteiger partial charge < -0.3 is 9.84 Å². The molecule has 0 amide bonds. The maximum atomic E-state index is 12.7. The lowest BCUT2D eigenvalue weighted by Crippen LogP contribution is -2.59. The van der Waals surface area contributed by atoms with Gasteiger partial charge in [-0.3, -0.25) is 4.79 Å². The highest BCUT2D eigenvalue weighted by Crippen LogP contribution is 2.34. The predicted molar refractivity (Wildman–Crippen MR) is 69.4 cm³/mol. The van der Waals surface area contributed by atoms with Gasteiger partial charge in [0.25, 0.3) is 0 Å². The number of sulfonamides is 1. The van der Waals surface area contributed by atoms with Crippen molar-refractivity contribution in [2.45, 2.75) is 49.8 Å². The summed E-state index contributed by atoms with van der Waals surface area (Å²) in [5.74, 6) is -1.05. The Morgan fingerprint density at radius 3 is 2.53 bits per heavy atom. The summed E-state index contributed by atoms with van der Waals surface area (Å²) in [6, 6.07) is 0. The van der Waals surface area contributed by atoms with E-state index in [1.807, 2.05) is 0 Å². The van der Waals surface area contributed by atoms with Gasteiger partial charge in [-0.25, -0.2) is 8.42 Å². The highest BCUT2D eigenvalue weighted by Gasteiger charge is 2.49. The molecule has 0 aromatic heterocycles. The van der Waals surface area contributed by atoms with Gasteiger partial charge >= 0.3 is 5.97 Å². The third-order valence-corrected chi connectivity index (χ3v) is 6.70. The van der Waals surface area contributed by atoms with Gasteiger partial charge in [-0.05, 0) is 39.0 Å². The molecular formula is C12H21NO5S. The number of carbonyl (C=O) groups is 1. The Labute approximate surface area is 113 Å². The number of aliphatic carboxylic acids is 1. The van der Waals surface area contributed by atoms with Crippen molar-refractivity contribution < 1.29 is 23.1 Å². The van der Waals surface area contributed by atoms with Crippen molar-refractivity contribution in [2.75, 3.05) is 19.8 Å². The molecule has 110 valence electrons. The number of rotatable bonds is 3. The summed E-state index contributed by atoms with van der Waals surface area (Å²) in [5.41, 5.74) is -1.30. The van der Waals surface area contributed by atoms with Crippen LogP contribution in [0.5, 0.6) is 0 Å². The van der Waals surface area contributed by atoms with Gasteiger partial charge in [0.2, 0.25) is 10.0 Å². The molecule has 2 rings (SSSR count). The molecule has 2 saturated heterocycles. The fourth-order valence-corrected chi connectivity index (χ4v) is 5.13. The monoisotopic (exact) mass is 291 g/mol. The molecule has 2 heterocycles. The van der Waals surface area contributed by atoms with Gasteiger partial charge in [0, 0.05) is 19.8 Å². The number of carboxylic acid groups (broad SMARTS) is 1. The van der Waals surface area contributed by atoms with Crippen LogP contribution in [-0.2, 0) is 19.6 Å². The second-order valence-corrected chi connectivity index (χ2v) is 7.60. The number of hydrogen-bond acceptors (Lipinski definition) is 4. The fraction of sp³-hybridized carbons (Fsp3) is 0.917. The van der Waals surface area contributed by atoms with E-state index in [-0.39, 0.29) is 0 Å². The SMILES string of the molecule is CC1(C(=O)O)CCCCN1S(=O)(=O)C1CCOCC1. The Hall–Kier alpha value is -0.660. The van der Waals surface area contributed by atoms with Crippen molar-refractivity contribution in [1.82, 2.24) is 4.31 Å². The molecule has 0 aliphatic carbocycles. The van der Waals surface area contributed by atoms with Crippen LogP contribution in [0.1, 0.15) is 39.0 Å². The summed E-state index contributed by atoms with van der Waals surface area (Å²) in [4.78, 5) is 11.5. The van der Waals surface area contributed by atoms with Crippen molar-refractivity contribution in [3.05, 3.63) is 0 Å². The summed E-state index contributed by atoms with van der Waals surface area (Å²) in [6.07, 6.45) is 2.77. The van der Waals surface area contributed by atoms with Crippen LogP contribution in [0.2, 0.25) is 0 Å². The lowest BCUT2D eigenvalue weighted by molar-refractivity contribution is -0.149. The van der Waals surface area contributed by atoms with E-state index < -0.39 is 26.8 Å². The minimum atomic E-state index is -3.57. The van der Waals surface area contributed by atoms with E-state index in [0.29, 0.717) is 39.0 Å². The first-order valence-electron chi connectivity index (χ1n) is 6.72. The second kappa shape index (κ2) is 5.38. The summed E-state index contributed by atoms with van der Waals surface area (Å²) in [5, 5.41) is 8.90. The number of ether oxygens (including phenoxy) is 1. The van der Waals surface area contributed by atoms with E-state index in [1.54, 1.807) is 0 Å². The summed E-state index contributed by atoms with van der Waals surface area (Å²) in [7, 11) is -3.57. The molecule has 0 aromatic carbocycles. The molecule has 6 nitrogen and oxygen atoms in total. The molecule has 1 N–H and O–H groups in total. The summed E-state index contributed by atoms with van der Waals surface area (Å²) >= 11 is 0. The van der Waals surface area contributed by atoms with Crippen LogP contribution in [0, 0.1) is 0 Å². The highest BCUT2D eigenvalue weighted by molar-refractivity contribution is 7.89. The zero-order valence-electron chi connectivity index (χ0n) is 11.2. The molecule has 2 aliphatic rings. The number of carboxylic acids is 1. The first kappa shape index (κ1) is 14.7. The zero-order chi connectivity index (χ0) is 14.1. The van der Waals surface area contributed by atoms with Crippen molar-refractivity contribution in [3.63, 3.8) is 0 Å². The predicted octanol–water partition coefficient (Wildman–Crippen LogP) is 0.824. The Bertz CT molecular complexity index is 443. The van der Waals surface area contributed by atoms with Crippen LogP contribution >= 0.6 is 0 Å². The van der Waals surface area contributed by atoms with Gasteiger partial charge in [-0.15, -0.1) is 0 Å². The van der Waals surface area contributed by atoms with Crippen LogP contribution in [-0.4, -0.2) is 54.3 Å². The van der Waals surface area contributed by atoms with Crippen LogP contribution in [0.25, 0.3) is 0 Å². The molecular weight excluding hydrogens is 270 g/mol. The third-order valence-electron chi connectivity index (χ3n) is 4.18. The van der Waals surface area contributed by atoms with Crippen molar-refractivity contribution in [1.29, 1.82) is 0 Å². The van der Waals surface area contributed by atoms with Gasteiger partial charge in [0.15, 0.2) is 0 Å². The average Bonchev–Trinajstić information content (AvgIpc) is 2.40. The van der Waals surface area contributed by atoms with Crippen molar-refractivity contribution >= 4 is 16.0 Å². The lowest BCUT2D eigenvalue weighted by atomic mass is 9.91. The summed E-state index contributed by atoms with van der Waals surface area (Å²) < 4.78 is 31.7. The Balaban J connectivity index is 2.28. The van der Waals surface area contributed by atoms with E-state index in [2.05, 4.69) is 0 Å². The van der Waals surface area contributed by atoms with Crippen LogP contribution < -0.4 is 0 Å². The molecule has 7 heteroatoms. The first-order chi connectivity index (χ1) is 8.89. The maximum Gasteiger partial charge on any atom is 0.324 e. The highest BCUT2D eigenvalue weighted by atomic mass is 32.2.